The molecule has 0 aromatic heterocycles. The minimum Gasteiger partial charge on any atom is -0.249 e. The number of alkyl halides is 28. The zero-order valence-corrected chi connectivity index (χ0v) is 19.6. The van der Waals surface area contributed by atoms with Gasteiger partial charge in [-0.25, -0.2) is 22.3 Å². The van der Waals surface area contributed by atoms with Gasteiger partial charge in [0.1, 0.15) is 0 Å². The summed E-state index contributed by atoms with van der Waals surface area (Å²) in [6, 6.07) is 0. The summed E-state index contributed by atoms with van der Waals surface area (Å²) in [6.07, 6.45) is -69.6. The zero-order chi connectivity index (χ0) is 37.3. The highest BCUT2D eigenvalue weighted by Crippen LogP contribution is 2.65. The molecule has 29 heteroatoms. The van der Waals surface area contributed by atoms with Crippen molar-refractivity contribution in [3.05, 3.63) is 0 Å². The fourth-order valence-corrected chi connectivity index (χ4v) is 2.87. The van der Waals surface area contributed by atoms with Crippen LogP contribution in [0.3, 0.4) is 0 Å². The number of rotatable bonds is 12. The molecule has 45 heavy (non-hydrogen) atoms. The van der Waals surface area contributed by atoms with Crippen LogP contribution in [0, 0.1) is 0 Å². The first-order valence-electron chi connectivity index (χ1n) is 9.86. The topological polar surface area (TPSA) is 9.23 Å². The maximum atomic E-state index is 14.3. The molecular formula is C16H6F28O. The van der Waals surface area contributed by atoms with Crippen molar-refractivity contribution >= 4 is 0 Å². The summed E-state index contributed by atoms with van der Waals surface area (Å²) in [5.74, 6) is -34.5. The molecule has 4 unspecified atom stereocenters. The molecule has 0 rings (SSSR count). The maximum absolute atomic E-state index is 14.3. The van der Waals surface area contributed by atoms with Crippen LogP contribution < -0.4 is 0 Å². The highest BCUT2D eigenvalue weighted by atomic mass is 19.4. The molecule has 4 atom stereocenters. The van der Waals surface area contributed by atoms with Gasteiger partial charge in [-0.1, -0.05) is 0 Å². The van der Waals surface area contributed by atoms with Crippen LogP contribution in [-0.2, 0) is 4.74 Å². The van der Waals surface area contributed by atoms with E-state index in [1.807, 2.05) is 0 Å². The number of hydrogen-bond acceptors (Lipinski definition) is 1. The van der Waals surface area contributed by atoms with Crippen molar-refractivity contribution in [2.75, 3.05) is 0 Å². The van der Waals surface area contributed by atoms with Gasteiger partial charge in [-0.2, -0.15) is 105 Å². The smallest absolute Gasteiger partial charge is 0.249 e. The molecule has 272 valence electrons. The third-order valence-corrected chi connectivity index (χ3v) is 5.15. The van der Waals surface area contributed by atoms with Gasteiger partial charge in [0.05, 0.1) is 12.8 Å². The van der Waals surface area contributed by atoms with Crippen molar-refractivity contribution in [1.29, 1.82) is 0 Å². The molecule has 0 heterocycles. The van der Waals surface area contributed by atoms with E-state index >= 15 is 0 Å². The first-order valence-corrected chi connectivity index (χ1v) is 9.86. The Kier molecular flexibility index (Phi) is 10.8. The number of hydrogen-bond donors (Lipinski definition) is 0. The summed E-state index contributed by atoms with van der Waals surface area (Å²) in [6.45, 7) is 0. The monoisotopic (exact) mass is 746 g/mol. The van der Waals surface area contributed by atoms with Gasteiger partial charge in [0.2, 0.25) is 0 Å². The van der Waals surface area contributed by atoms with E-state index in [4.69, 9.17) is 0 Å². The third-order valence-electron chi connectivity index (χ3n) is 5.15. The predicted octanol–water partition coefficient (Wildman–Crippen LogP) is 9.85. The fraction of sp³-hybridized carbons (Fsp3) is 1.00. The SMILES string of the molecule is FC(CC(F)(F)F)C(F)(F)C(F)(F)C(F)(C(F)(F)F)C(F)(F)OC(F)(F)C(F)(C(F)(F)F)C(F)(F)C(F)(F)C(F)CC(F)(F)F. The Balaban J connectivity index is 7.56. The standard InChI is InChI=1S/C16H6F28O/c17-3(1-5(19,20)21)7(25,26)11(31,32)9(29,13(35,36)37)15(41,42)45-16(43,44)10(30,14(38,39)40)12(33,34)8(27,28)4(18)2-6(22,23)24/h3-4H,1-2H2. The molecule has 0 radical (unpaired) electrons. The van der Waals surface area contributed by atoms with Crippen LogP contribution in [0.5, 0.6) is 0 Å². The van der Waals surface area contributed by atoms with Crippen LogP contribution in [0.4, 0.5) is 123 Å². The summed E-state index contributed by atoms with van der Waals surface area (Å²) < 4.78 is 371. The van der Waals surface area contributed by atoms with E-state index in [0.29, 0.717) is 0 Å². The van der Waals surface area contributed by atoms with Gasteiger partial charge in [-0.15, -0.1) is 0 Å². The molecule has 0 amide bonds. The van der Waals surface area contributed by atoms with Crippen molar-refractivity contribution < 1.29 is 128 Å². The number of halogens is 28. The fourth-order valence-electron chi connectivity index (χ4n) is 2.87. The van der Waals surface area contributed by atoms with E-state index in [1.165, 1.54) is 0 Å². The second-order valence-electron chi connectivity index (χ2n) is 8.42. The van der Waals surface area contributed by atoms with Crippen LogP contribution in [0.1, 0.15) is 12.8 Å². The predicted molar refractivity (Wildman–Crippen MR) is 81.7 cm³/mol. The quantitative estimate of drug-likeness (QED) is 0.181. The van der Waals surface area contributed by atoms with Crippen molar-refractivity contribution in [2.45, 2.75) is 97.1 Å². The van der Waals surface area contributed by atoms with Crippen LogP contribution in [0.25, 0.3) is 0 Å². The van der Waals surface area contributed by atoms with Crippen LogP contribution in [-0.4, -0.2) is 84.3 Å². The Morgan fingerprint density at radius 1 is 0.356 bits per heavy atom. The van der Waals surface area contributed by atoms with Gasteiger partial charge in [0, 0.05) is 0 Å². The molecule has 0 saturated carbocycles. The average molecular weight is 746 g/mol. The lowest BCUT2D eigenvalue weighted by atomic mass is 9.85. The summed E-state index contributed by atoms with van der Waals surface area (Å²) in [7, 11) is 0. The average Bonchev–Trinajstić information content (AvgIpc) is 2.72. The summed E-state index contributed by atoms with van der Waals surface area (Å²) in [4.78, 5) is 0. The van der Waals surface area contributed by atoms with E-state index in [-0.39, 0.29) is 0 Å². The first-order chi connectivity index (χ1) is 19.0. The van der Waals surface area contributed by atoms with Gasteiger partial charge >= 0.3 is 72.0 Å². The Bertz CT molecular complexity index is 934. The lowest BCUT2D eigenvalue weighted by Gasteiger charge is -2.46. The van der Waals surface area contributed by atoms with Gasteiger partial charge in [0.15, 0.2) is 12.3 Å². The molecule has 0 aromatic carbocycles. The lowest BCUT2D eigenvalue weighted by molar-refractivity contribution is -0.528. The van der Waals surface area contributed by atoms with Gasteiger partial charge in [-0.05, 0) is 0 Å². The second kappa shape index (κ2) is 11.3. The maximum Gasteiger partial charge on any atom is 0.437 e. The summed E-state index contributed by atoms with van der Waals surface area (Å²) >= 11 is 0. The molecule has 0 aromatic rings. The Morgan fingerprint density at radius 2 is 0.556 bits per heavy atom. The third kappa shape index (κ3) is 7.00. The summed E-state index contributed by atoms with van der Waals surface area (Å²) in [5.41, 5.74) is -18.7. The Morgan fingerprint density at radius 3 is 0.711 bits per heavy atom. The lowest BCUT2D eigenvalue weighted by Crippen LogP contribution is -2.77. The molecule has 0 aliphatic carbocycles. The molecule has 0 fully saturated rings. The Labute approximate surface area is 226 Å². The Hall–Kier alpha value is -2.00. The van der Waals surface area contributed by atoms with Gasteiger partial charge in [-0.3, -0.25) is 0 Å². The number of ether oxygens (including phenoxy) is 1. The zero-order valence-electron chi connectivity index (χ0n) is 19.6. The van der Waals surface area contributed by atoms with E-state index in [1.54, 1.807) is 0 Å². The second-order valence-corrected chi connectivity index (χ2v) is 8.42. The van der Waals surface area contributed by atoms with E-state index in [0.717, 1.165) is 4.74 Å². The van der Waals surface area contributed by atoms with Gasteiger partial charge < -0.3 is 0 Å². The van der Waals surface area contributed by atoms with E-state index in [2.05, 4.69) is 0 Å². The van der Waals surface area contributed by atoms with Gasteiger partial charge in [0.25, 0.3) is 0 Å². The summed E-state index contributed by atoms with van der Waals surface area (Å²) in [5, 5.41) is 0. The molecule has 0 saturated heterocycles. The van der Waals surface area contributed by atoms with Crippen LogP contribution in [0.15, 0.2) is 0 Å². The molecule has 0 spiro atoms. The first kappa shape index (κ1) is 43.0. The van der Waals surface area contributed by atoms with E-state index in [9.17, 15) is 123 Å². The highest BCUT2D eigenvalue weighted by molar-refractivity contribution is 5.16. The molecule has 0 aliphatic rings. The van der Waals surface area contributed by atoms with Crippen molar-refractivity contribution in [3.8, 4) is 0 Å². The van der Waals surface area contributed by atoms with Crippen molar-refractivity contribution in [1.82, 2.24) is 0 Å². The minimum absolute atomic E-state index is 0.760. The van der Waals surface area contributed by atoms with Crippen molar-refractivity contribution in [2.24, 2.45) is 0 Å². The minimum atomic E-state index is -9.36. The normalized spacial score (nSPS) is 20.0. The van der Waals surface area contributed by atoms with E-state index < -0.39 is 97.1 Å². The van der Waals surface area contributed by atoms with Crippen LogP contribution in [0.2, 0.25) is 0 Å². The molecular weight excluding hydrogens is 740 g/mol. The molecule has 0 aliphatic heterocycles. The largest absolute Gasteiger partial charge is 0.437 e. The molecule has 1 nitrogen and oxygen atoms in total. The molecule has 0 bridgehead atoms. The van der Waals surface area contributed by atoms with Crippen molar-refractivity contribution in [3.63, 3.8) is 0 Å². The highest BCUT2D eigenvalue weighted by Gasteiger charge is 2.96. The van der Waals surface area contributed by atoms with Crippen LogP contribution >= 0.6 is 0 Å². The molecule has 0 N–H and O–H groups in total.